The van der Waals surface area contributed by atoms with Gasteiger partial charge in [0.2, 0.25) is 5.91 Å². The summed E-state index contributed by atoms with van der Waals surface area (Å²) in [6.07, 6.45) is 1.43. The predicted molar refractivity (Wildman–Crippen MR) is 88.1 cm³/mol. The Morgan fingerprint density at radius 3 is 2.83 bits per heavy atom. The van der Waals surface area contributed by atoms with Crippen LogP contribution in [0.5, 0.6) is 0 Å². The van der Waals surface area contributed by atoms with E-state index in [0.29, 0.717) is 11.5 Å². The number of nitrogens with zero attached hydrogens (tertiary/aromatic N) is 2. The lowest BCUT2D eigenvalue weighted by Gasteiger charge is -2.09. The number of carbonyl (C=O) groups is 1. The van der Waals surface area contributed by atoms with Crippen LogP contribution in [0, 0.1) is 5.82 Å². The molecule has 7 heteroatoms. The first-order chi connectivity index (χ1) is 11.1. The maximum atomic E-state index is 13.1. The Hall–Kier alpha value is -2.73. The molecular formula is C16H12ClFN4O. The fraction of sp³-hybridized carbons (Fsp3) is 0.0625. The molecule has 1 heterocycles. The first-order valence-corrected chi connectivity index (χ1v) is 7.20. The van der Waals surface area contributed by atoms with E-state index in [1.54, 1.807) is 0 Å². The van der Waals surface area contributed by atoms with Crippen molar-refractivity contribution >= 4 is 39.9 Å². The Bertz CT molecular complexity index is 866. The summed E-state index contributed by atoms with van der Waals surface area (Å²) in [4.78, 5) is 20.3. The molecular weight excluding hydrogens is 319 g/mol. The van der Waals surface area contributed by atoms with E-state index in [9.17, 15) is 9.18 Å². The Morgan fingerprint density at radius 2 is 2.00 bits per heavy atom. The Balaban J connectivity index is 1.67. The van der Waals surface area contributed by atoms with E-state index in [1.165, 1.54) is 24.5 Å². The van der Waals surface area contributed by atoms with Crippen molar-refractivity contribution in [2.45, 2.75) is 0 Å². The SMILES string of the molecule is O=C(CNc1ncnc2ccccc12)Nc1ccc(F)c(Cl)c1. The summed E-state index contributed by atoms with van der Waals surface area (Å²) in [5, 5.41) is 6.38. The molecule has 0 spiro atoms. The van der Waals surface area contributed by atoms with Gasteiger partial charge in [0.1, 0.15) is 18.0 Å². The lowest BCUT2D eigenvalue weighted by atomic mass is 10.2. The lowest BCUT2D eigenvalue weighted by molar-refractivity contribution is -0.114. The second-order valence-corrected chi connectivity index (χ2v) is 5.18. The minimum absolute atomic E-state index is 0.00992. The molecule has 2 N–H and O–H groups in total. The molecule has 2 aromatic carbocycles. The third-order valence-corrected chi connectivity index (χ3v) is 3.45. The van der Waals surface area contributed by atoms with Crippen molar-refractivity contribution < 1.29 is 9.18 Å². The van der Waals surface area contributed by atoms with Crippen LogP contribution in [0.25, 0.3) is 10.9 Å². The number of halogens is 2. The van der Waals surface area contributed by atoms with Gasteiger partial charge in [0, 0.05) is 11.1 Å². The maximum Gasteiger partial charge on any atom is 0.243 e. The molecule has 0 radical (unpaired) electrons. The number of nitrogens with one attached hydrogen (secondary N) is 2. The predicted octanol–water partition coefficient (Wildman–Crippen LogP) is 3.47. The zero-order valence-corrected chi connectivity index (χ0v) is 12.6. The van der Waals surface area contributed by atoms with Crippen molar-refractivity contribution in [2.75, 3.05) is 17.2 Å². The molecule has 3 rings (SSSR count). The van der Waals surface area contributed by atoms with Gasteiger partial charge in [-0.2, -0.15) is 0 Å². The molecule has 1 aromatic heterocycles. The number of aromatic nitrogens is 2. The van der Waals surface area contributed by atoms with E-state index in [-0.39, 0.29) is 17.5 Å². The topological polar surface area (TPSA) is 66.9 Å². The smallest absolute Gasteiger partial charge is 0.243 e. The highest BCUT2D eigenvalue weighted by Crippen LogP contribution is 2.20. The maximum absolute atomic E-state index is 13.1. The van der Waals surface area contributed by atoms with Crippen LogP contribution < -0.4 is 10.6 Å². The molecule has 23 heavy (non-hydrogen) atoms. The van der Waals surface area contributed by atoms with E-state index in [2.05, 4.69) is 20.6 Å². The summed E-state index contributed by atoms with van der Waals surface area (Å²) in [6.45, 7) is 0.00992. The summed E-state index contributed by atoms with van der Waals surface area (Å²) >= 11 is 5.68. The molecule has 0 saturated heterocycles. The second-order valence-electron chi connectivity index (χ2n) is 4.77. The Kier molecular flexibility index (Phi) is 4.34. The number of amides is 1. The van der Waals surface area contributed by atoms with Crippen molar-refractivity contribution in [1.82, 2.24) is 9.97 Å². The van der Waals surface area contributed by atoms with Crippen molar-refractivity contribution in [1.29, 1.82) is 0 Å². The van der Waals surface area contributed by atoms with E-state index in [0.717, 1.165) is 10.9 Å². The largest absolute Gasteiger partial charge is 0.360 e. The van der Waals surface area contributed by atoms with Crippen LogP contribution in [0.15, 0.2) is 48.8 Å². The van der Waals surface area contributed by atoms with Crippen LogP contribution in [-0.4, -0.2) is 22.4 Å². The van der Waals surface area contributed by atoms with E-state index < -0.39 is 5.82 Å². The number of carbonyl (C=O) groups excluding carboxylic acids is 1. The Morgan fingerprint density at radius 1 is 1.17 bits per heavy atom. The van der Waals surface area contributed by atoms with Crippen molar-refractivity contribution in [3.63, 3.8) is 0 Å². The highest BCUT2D eigenvalue weighted by Gasteiger charge is 2.07. The fourth-order valence-corrected chi connectivity index (χ4v) is 2.27. The van der Waals surface area contributed by atoms with E-state index in [4.69, 9.17) is 11.6 Å². The van der Waals surface area contributed by atoms with Crippen LogP contribution in [-0.2, 0) is 4.79 Å². The first-order valence-electron chi connectivity index (χ1n) is 6.82. The van der Waals surface area contributed by atoms with Gasteiger partial charge >= 0.3 is 0 Å². The van der Waals surface area contributed by atoms with Gasteiger partial charge in [0.15, 0.2) is 0 Å². The van der Waals surface area contributed by atoms with Crippen molar-refractivity contribution in [2.24, 2.45) is 0 Å². The normalized spacial score (nSPS) is 10.5. The van der Waals surface area contributed by atoms with Gasteiger partial charge < -0.3 is 10.6 Å². The Labute approximate surface area is 136 Å². The third kappa shape index (κ3) is 3.54. The van der Waals surface area contributed by atoms with E-state index in [1.807, 2.05) is 24.3 Å². The van der Waals surface area contributed by atoms with Crippen LogP contribution in [0.2, 0.25) is 5.02 Å². The molecule has 5 nitrogen and oxygen atoms in total. The first kappa shape index (κ1) is 15.2. The van der Waals surface area contributed by atoms with Crippen molar-refractivity contribution in [3.8, 4) is 0 Å². The zero-order valence-electron chi connectivity index (χ0n) is 11.9. The standard InChI is InChI=1S/C16H12ClFN4O/c17-12-7-10(5-6-13(12)18)22-15(23)8-19-16-11-3-1-2-4-14(11)20-9-21-16/h1-7,9H,8H2,(H,22,23)(H,19,20,21). The van der Waals surface area contributed by atoms with Gasteiger partial charge in [-0.25, -0.2) is 14.4 Å². The molecule has 0 aliphatic rings. The number of hydrogen-bond acceptors (Lipinski definition) is 4. The molecule has 0 aliphatic carbocycles. The van der Waals surface area contributed by atoms with Gasteiger partial charge in [0.25, 0.3) is 0 Å². The lowest BCUT2D eigenvalue weighted by Crippen LogP contribution is -2.22. The molecule has 0 unspecified atom stereocenters. The average molecular weight is 331 g/mol. The van der Waals surface area contributed by atoms with E-state index >= 15 is 0 Å². The minimum atomic E-state index is -0.532. The molecule has 0 aliphatic heterocycles. The number of rotatable bonds is 4. The third-order valence-electron chi connectivity index (χ3n) is 3.16. The van der Waals surface area contributed by atoms with Crippen LogP contribution in [0.3, 0.4) is 0 Å². The molecule has 1 amide bonds. The monoisotopic (exact) mass is 330 g/mol. The van der Waals surface area contributed by atoms with Gasteiger partial charge in [-0.1, -0.05) is 23.7 Å². The quantitative estimate of drug-likeness (QED) is 0.768. The number of anilines is 2. The zero-order chi connectivity index (χ0) is 16.2. The number of fused-ring (bicyclic) bond motifs is 1. The highest BCUT2D eigenvalue weighted by atomic mass is 35.5. The molecule has 0 saturated carbocycles. The van der Waals surface area contributed by atoms with Crippen molar-refractivity contribution in [3.05, 3.63) is 59.6 Å². The van der Waals surface area contributed by atoms with Gasteiger partial charge in [-0.3, -0.25) is 4.79 Å². The number of hydrogen-bond donors (Lipinski definition) is 2. The molecule has 0 bridgehead atoms. The number of para-hydroxylation sites is 1. The highest BCUT2D eigenvalue weighted by molar-refractivity contribution is 6.31. The van der Waals surface area contributed by atoms with Crippen LogP contribution in [0.4, 0.5) is 15.9 Å². The molecule has 0 atom stereocenters. The summed E-state index contributed by atoms with van der Waals surface area (Å²) < 4.78 is 13.1. The molecule has 116 valence electrons. The minimum Gasteiger partial charge on any atom is -0.360 e. The average Bonchev–Trinajstić information content (AvgIpc) is 2.56. The summed E-state index contributed by atoms with van der Waals surface area (Å²) in [7, 11) is 0. The van der Waals surface area contributed by atoms with Crippen LogP contribution >= 0.6 is 11.6 Å². The molecule has 3 aromatic rings. The molecule has 0 fully saturated rings. The summed E-state index contributed by atoms with van der Waals surface area (Å²) in [5.74, 6) is -0.256. The number of benzene rings is 2. The van der Waals surface area contributed by atoms with Gasteiger partial charge in [-0.05, 0) is 30.3 Å². The van der Waals surface area contributed by atoms with Gasteiger partial charge in [-0.15, -0.1) is 0 Å². The van der Waals surface area contributed by atoms with Crippen LogP contribution in [0.1, 0.15) is 0 Å². The fourth-order valence-electron chi connectivity index (χ4n) is 2.09. The van der Waals surface area contributed by atoms with Gasteiger partial charge in [0.05, 0.1) is 17.1 Å². The second kappa shape index (κ2) is 6.58. The summed E-state index contributed by atoms with van der Waals surface area (Å²) in [5.41, 5.74) is 1.21. The summed E-state index contributed by atoms with van der Waals surface area (Å²) in [6, 6.07) is 11.5.